The molecule has 0 N–H and O–H groups in total. The van der Waals surface area contributed by atoms with E-state index in [4.69, 9.17) is 0 Å². The summed E-state index contributed by atoms with van der Waals surface area (Å²) in [5.74, 6) is 0. The molecule has 98 valence electrons. The lowest BCUT2D eigenvalue weighted by molar-refractivity contribution is 0.580. The van der Waals surface area contributed by atoms with Gasteiger partial charge in [0.15, 0.2) is 0 Å². The van der Waals surface area contributed by atoms with Gasteiger partial charge in [0.25, 0.3) is 0 Å². The second-order valence-corrected chi connectivity index (χ2v) is 5.60. The number of para-hydroxylation sites is 4. The van der Waals surface area contributed by atoms with Crippen molar-refractivity contribution in [2.24, 2.45) is 0 Å². The average molecular weight is 282 g/mol. The Bertz CT molecular complexity index is 824. The highest BCUT2D eigenvalue weighted by molar-refractivity contribution is 7.88. The van der Waals surface area contributed by atoms with E-state index in [1.165, 1.54) is 0 Å². The number of nitrogens with zero attached hydrogens (tertiary/aromatic N) is 4. The zero-order valence-electron chi connectivity index (χ0n) is 10.4. The van der Waals surface area contributed by atoms with Gasteiger partial charge in [-0.2, -0.15) is 0 Å². The minimum atomic E-state index is -1.43. The van der Waals surface area contributed by atoms with Gasteiger partial charge in [-0.05, 0) is 24.3 Å². The number of rotatable bonds is 2. The van der Waals surface area contributed by atoms with Crippen molar-refractivity contribution in [3.8, 4) is 0 Å². The summed E-state index contributed by atoms with van der Waals surface area (Å²) in [7, 11) is 0. The van der Waals surface area contributed by atoms with Gasteiger partial charge in [0.1, 0.15) is 23.7 Å². The zero-order chi connectivity index (χ0) is 13.5. The van der Waals surface area contributed by atoms with Crippen molar-refractivity contribution in [3.05, 3.63) is 61.2 Å². The molecule has 0 fully saturated rings. The third-order valence-corrected chi connectivity index (χ3v) is 4.43. The van der Waals surface area contributed by atoms with E-state index in [2.05, 4.69) is 9.97 Å². The van der Waals surface area contributed by atoms with Gasteiger partial charge < -0.3 is 4.55 Å². The van der Waals surface area contributed by atoms with Crippen LogP contribution in [0.4, 0.5) is 0 Å². The molecule has 4 aromatic rings. The van der Waals surface area contributed by atoms with Gasteiger partial charge in [-0.25, -0.2) is 9.97 Å². The van der Waals surface area contributed by atoms with E-state index in [1.54, 1.807) is 20.6 Å². The van der Waals surface area contributed by atoms with E-state index in [9.17, 15) is 4.55 Å². The largest absolute Gasteiger partial charge is 0.567 e. The number of aromatic nitrogens is 4. The molecule has 0 radical (unpaired) electrons. The molecule has 4 rings (SSSR count). The van der Waals surface area contributed by atoms with Crippen molar-refractivity contribution in [3.63, 3.8) is 0 Å². The normalized spacial score (nSPS) is 11.7. The fourth-order valence-electron chi connectivity index (χ4n) is 2.22. The van der Waals surface area contributed by atoms with E-state index >= 15 is 0 Å². The summed E-state index contributed by atoms with van der Waals surface area (Å²) >= 11 is -1.43. The van der Waals surface area contributed by atoms with E-state index in [0.717, 1.165) is 22.1 Å². The van der Waals surface area contributed by atoms with Crippen LogP contribution in [0.15, 0.2) is 61.2 Å². The van der Waals surface area contributed by atoms with Crippen molar-refractivity contribution >= 4 is 33.6 Å². The maximum atomic E-state index is 12.8. The maximum absolute atomic E-state index is 12.8. The van der Waals surface area contributed by atoms with Crippen LogP contribution in [0.25, 0.3) is 22.1 Å². The van der Waals surface area contributed by atoms with Crippen molar-refractivity contribution in [2.45, 2.75) is 0 Å². The summed E-state index contributed by atoms with van der Waals surface area (Å²) in [6.45, 7) is 0. The molecule has 0 bridgehead atoms. The third-order valence-electron chi connectivity index (χ3n) is 3.18. The van der Waals surface area contributed by atoms with E-state index in [0.29, 0.717) is 0 Å². The summed E-state index contributed by atoms with van der Waals surface area (Å²) in [5.41, 5.74) is 3.32. The standard InChI is InChI=1S/C14H10N4OS/c19-20(17-9-15-11-5-1-3-7-13(11)17)18-10-16-12-6-2-4-8-14(12)18/h1-10H. The highest BCUT2D eigenvalue weighted by atomic mass is 32.2. The molecule has 0 amide bonds. The molecule has 20 heavy (non-hydrogen) atoms. The first-order chi connectivity index (χ1) is 9.84. The molecular weight excluding hydrogens is 272 g/mol. The van der Waals surface area contributed by atoms with Crippen LogP contribution in [-0.4, -0.2) is 22.5 Å². The quantitative estimate of drug-likeness (QED) is 0.530. The summed E-state index contributed by atoms with van der Waals surface area (Å²) in [6.07, 6.45) is 3.19. The highest BCUT2D eigenvalue weighted by Gasteiger charge is 2.19. The van der Waals surface area contributed by atoms with Crippen LogP contribution >= 0.6 is 0 Å². The number of benzene rings is 2. The van der Waals surface area contributed by atoms with Crippen LogP contribution in [-0.2, 0) is 11.5 Å². The predicted octanol–water partition coefficient (Wildman–Crippen LogP) is 2.36. The monoisotopic (exact) mass is 282 g/mol. The SMILES string of the molecule is [O-][S+](n1cnc2ccccc21)n1cnc2ccccc21. The number of imidazole rings is 2. The molecule has 0 atom stereocenters. The lowest BCUT2D eigenvalue weighted by atomic mass is 10.3. The summed E-state index contributed by atoms with van der Waals surface area (Å²) in [4.78, 5) is 8.53. The predicted molar refractivity (Wildman–Crippen MR) is 78.4 cm³/mol. The molecule has 5 nitrogen and oxygen atoms in total. The molecule has 2 aromatic heterocycles. The molecule has 0 aliphatic carbocycles. The molecular formula is C14H10N4OS. The second-order valence-electron chi connectivity index (χ2n) is 4.35. The lowest BCUT2D eigenvalue weighted by Gasteiger charge is -2.10. The Morgan fingerprint density at radius 2 is 1.20 bits per heavy atom. The van der Waals surface area contributed by atoms with Crippen molar-refractivity contribution in [1.82, 2.24) is 17.9 Å². The number of hydrogen-bond acceptors (Lipinski definition) is 3. The first-order valence-corrected chi connectivity index (χ1v) is 7.18. The third kappa shape index (κ3) is 1.62. The van der Waals surface area contributed by atoms with Crippen LogP contribution in [0.2, 0.25) is 0 Å². The van der Waals surface area contributed by atoms with Gasteiger partial charge in [0, 0.05) is 0 Å². The number of hydrogen-bond donors (Lipinski definition) is 0. The van der Waals surface area contributed by atoms with E-state index < -0.39 is 11.5 Å². The van der Waals surface area contributed by atoms with E-state index in [-0.39, 0.29) is 0 Å². The fourth-order valence-corrected chi connectivity index (χ4v) is 3.31. The Kier molecular flexibility index (Phi) is 2.51. The van der Waals surface area contributed by atoms with E-state index in [1.807, 2.05) is 48.5 Å². The topological polar surface area (TPSA) is 58.7 Å². The van der Waals surface area contributed by atoms with Crippen LogP contribution < -0.4 is 0 Å². The van der Waals surface area contributed by atoms with Crippen molar-refractivity contribution in [2.75, 3.05) is 0 Å². The molecule has 6 heteroatoms. The molecule has 0 saturated carbocycles. The lowest BCUT2D eigenvalue weighted by Crippen LogP contribution is -2.19. The van der Waals surface area contributed by atoms with Crippen molar-refractivity contribution in [1.29, 1.82) is 0 Å². The fraction of sp³-hybridized carbons (Fsp3) is 0. The Labute approximate surface area is 117 Å². The minimum absolute atomic E-state index is 0.824. The summed E-state index contributed by atoms with van der Waals surface area (Å²) < 4.78 is 16.0. The Morgan fingerprint density at radius 3 is 1.70 bits per heavy atom. The molecule has 2 heterocycles. The molecule has 0 aliphatic heterocycles. The molecule has 0 saturated heterocycles. The Balaban J connectivity index is 1.90. The van der Waals surface area contributed by atoms with Gasteiger partial charge in [-0.15, -0.1) is 7.94 Å². The van der Waals surface area contributed by atoms with Crippen LogP contribution in [0.3, 0.4) is 0 Å². The van der Waals surface area contributed by atoms with Crippen molar-refractivity contribution < 1.29 is 4.55 Å². The first kappa shape index (κ1) is 11.5. The maximum Gasteiger partial charge on any atom is 0.209 e. The molecule has 0 aliphatic rings. The van der Waals surface area contributed by atoms with Gasteiger partial charge in [0.2, 0.25) is 11.5 Å². The Morgan fingerprint density at radius 1 is 0.750 bits per heavy atom. The summed E-state index contributed by atoms with van der Waals surface area (Å²) in [6, 6.07) is 15.2. The van der Waals surface area contributed by atoms with Crippen LogP contribution in [0.5, 0.6) is 0 Å². The smallest absolute Gasteiger partial charge is 0.209 e. The van der Waals surface area contributed by atoms with Crippen LogP contribution in [0, 0.1) is 0 Å². The van der Waals surface area contributed by atoms with Gasteiger partial charge >= 0.3 is 0 Å². The number of fused-ring (bicyclic) bond motifs is 2. The average Bonchev–Trinajstić information content (AvgIpc) is 3.11. The Hall–Kier alpha value is -2.31. The van der Waals surface area contributed by atoms with Gasteiger partial charge in [0.05, 0.1) is 11.0 Å². The zero-order valence-corrected chi connectivity index (χ0v) is 11.2. The molecule has 2 aromatic carbocycles. The van der Waals surface area contributed by atoms with Gasteiger partial charge in [-0.3, -0.25) is 0 Å². The second kappa shape index (κ2) is 4.36. The first-order valence-electron chi connectivity index (χ1n) is 6.11. The molecule has 0 unspecified atom stereocenters. The van der Waals surface area contributed by atoms with Crippen LogP contribution in [0.1, 0.15) is 0 Å². The summed E-state index contributed by atoms with van der Waals surface area (Å²) in [5, 5.41) is 0. The highest BCUT2D eigenvalue weighted by Crippen LogP contribution is 2.19. The minimum Gasteiger partial charge on any atom is -0.567 e. The van der Waals surface area contributed by atoms with Gasteiger partial charge in [-0.1, -0.05) is 24.3 Å². The molecule has 0 spiro atoms.